The first kappa shape index (κ1) is 25.9. The molecule has 10 aromatic rings. The monoisotopic (exact) mass is 599 g/mol. The third-order valence-electron chi connectivity index (χ3n) is 9.28. The molecule has 10 rings (SSSR count). The first-order chi connectivity index (χ1) is 23.3. The maximum atomic E-state index is 6.71. The van der Waals surface area contributed by atoms with Crippen molar-refractivity contribution in [3.05, 3.63) is 152 Å². The van der Waals surface area contributed by atoms with Crippen molar-refractivity contribution >= 4 is 65.0 Å². The zero-order chi connectivity index (χ0) is 30.9. The predicted octanol–water partition coefficient (Wildman–Crippen LogP) is 11.4. The number of benzene rings is 8. The van der Waals surface area contributed by atoms with Crippen LogP contribution in [0.1, 0.15) is 0 Å². The molecule has 4 heteroatoms. The smallest absolute Gasteiger partial charge is 0.164 e. The van der Waals surface area contributed by atoms with Crippen molar-refractivity contribution in [2.75, 3.05) is 0 Å². The lowest BCUT2D eigenvalue weighted by Crippen LogP contribution is -2.00. The van der Waals surface area contributed by atoms with Gasteiger partial charge in [-0.1, -0.05) is 133 Å². The van der Waals surface area contributed by atoms with Gasteiger partial charge in [0.05, 0.1) is 0 Å². The molecule has 2 heterocycles. The van der Waals surface area contributed by atoms with Crippen LogP contribution in [0.25, 0.3) is 99.2 Å². The number of hydrogen-bond acceptors (Lipinski definition) is 4. The van der Waals surface area contributed by atoms with E-state index in [2.05, 4.69) is 91.0 Å². The topological polar surface area (TPSA) is 51.8 Å². The third-order valence-corrected chi connectivity index (χ3v) is 9.28. The maximum Gasteiger partial charge on any atom is 0.164 e. The Kier molecular flexibility index (Phi) is 5.54. The van der Waals surface area contributed by atoms with Crippen molar-refractivity contribution in [3.63, 3.8) is 0 Å². The summed E-state index contributed by atoms with van der Waals surface area (Å²) in [6.45, 7) is 0. The number of hydrogen-bond donors (Lipinski definition) is 0. The fraction of sp³-hybridized carbons (Fsp3) is 0. The van der Waals surface area contributed by atoms with Crippen LogP contribution in [0.4, 0.5) is 0 Å². The Labute approximate surface area is 269 Å². The van der Waals surface area contributed by atoms with Gasteiger partial charge in [0.25, 0.3) is 0 Å². The van der Waals surface area contributed by atoms with Crippen LogP contribution in [0.3, 0.4) is 0 Å². The zero-order valence-electron chi connectivity index (χ0n) is 25.2. The molecule has 8 aromatic carbocycles. The van der Waals surface area contributed by atoms with Crippen LogP contribution in [0.5, 0.6) is 0 Å². The minimum Gasteiger partial charge on any atom is -0.455 e. The first-order valence-electron chi connectivity index (χ1n) is 15.8. The molecule has 0 aliphatic rings. The average molecular weight is 600 g/mol. The van der Waals surface area contributed by atoms with Crippen molar-refractivity contribution in [1.82, 2.24) is 15.0 Å². The highest BCUT2D eigenvalue weighted by Crippen LogP contribution is 2.44. The van der Waals surface area contributed by atoms with Gasteiger partial charge in [-0.3, -0.25) is 0 Å². The van der Waals surface area contributed by atoms with Crippen LogP contribution < -0.4 is 0 Å². The van der Waals surface area contributed by atoms with Gasteiger partial charge in [-0.05, 0) is 55.9 Å². The van der Waals surface area contributed by atoms with Gasteiger partial charge in [-0.15, -0.1) is 0 Å². The summed E-state index contributed by atoms with van der Waals surface area (Å²) < 4.78 is 6.71. The molecule has 0 radical (unpaired) electrons. The average Bonchev–Trinajstić information content (AvgIpc) is 3.55. The van der Waals surface area contributed by atoms with E-state index in [-0.39, 0.29) is 0 Å². The van der Waals surface area contributed by atoms with Crippen LogP contribution in [-0.2, 0) is 0 Å². The molecule has 0 N–H and O–H groups in total. The quantitative estimate of drug-likeness (QED) is 0.190. The summed E-state index contributed by atoms with van der Waals surface area (Å²) in [4.78, 5) is 14.9. The third kappa shape index (κ3) is 3.98. The van der Waals surface area contributed by atoms with E-state index in [1.165, 1.54) is 10.8 Å². The van der Waals surface area contributed by atoms with E-state index in [1.54, 1.807) is 0 Å². The van der Waals surface area contributed by atoms with E-state index >= 15 is 0 Å². The number of furan rings is 1. The van der Waals surface area contributed by atoms with E-state index in [1.807, 2.05) is 60.7 Å². The zero-order valence-corrected chi connectivity index (χ0v) is 25.2. The molecule has 218 valence electrons. The first-order valence-corrected chi connectivity index (χ1v) is 15.8. The van der Waals surface area contributed by atoms with Gasteiger partial charge in [0.1, 0.15) is 11.2 Å². The highest BCUT2D eigenvalue weighted by atomic mass is 16.3. The maximum absolute atomic E-state index is 6.71. The summed E-state index contributed by atoms with van der Waals surface area (Å²) in [5.41, 5.74) is 4.67. The Morgan fingerprint density at radius 2 is 0.872 bits per heavy atom. The van der Waals surface area contributed by atoms with Gasteiger partial charge in [-0.2, -0.15) is 0 Å². The van der Waals surface area contributed by atoms with Crippen LogP contribution in [0.15, 0.2) is 156 Å². The molecular formula is C43H25N3O. The molecule has 0 bridgehead atoms. The molecule has 0 spiro atoms. The predicted molar refractivity (Wildman–Crippen MR) is 193 cm³/mol. The van der Waals surface area contributed by atoms with Crippen LogP contribution in [0.2, 0.25) is 0 Å². The largest absolute Gasteiger partial charge is 0.455 e. The summed E-state index contributed by atoms with van der Waals surface area (Å²) in [5.74, 6) is 1.94. The minimum absolute atomic E-state index is 0.642. The Morgan fingerprint density at radius 3 is 1.60 bits per heavy atom. The van der Waals surface area contributed by atoms with Crippen molar-refractivity contribution in [1.29, 1.82) is 0 Å². The lowest BCUT2D eigenvalue weighted by molar-refractivity contribution is 0.673. The molecule has 0 saturated carbocycles. The second-order valence-electron chi connectivity index (χ2n) is 12.0. The highest BCUT2D eigenvalue weighted by molar-refractivity contribution is 6.34. The summed E-state index contributed by atoms with van der Waals surface area (Å²) in [5, 5.41) is 11.6. The molecule has 0 fully saturated rings. The lowest BCUT2D eigenvalue weighted by atomic mass is 9.91. The Bertz CT molecular complexity index is 2760. The summed E-state index contributed by atoms with van der Waals surface area (Å²) in [6, 6.07) is 52.6. The standard InChI is InChI=1S/C43H25N3O/c1-3-12-27(13-4-1)41-44-42(28-14-5-2-6-15-28)46-43(45-41)29-19-21-32-34-22-23-35-38-30-16-8-7-11-26(30)20-24-37(38)47-40(35)39(34)33-18-10-9-17-31(33)36(32)25-29/h1-25H. The van der Waals surface area contributed by atoms with Crippen LogP contribution in [0, 0.1) is 0 Å². The van der Waals surface area contributed by atoms with Crippen molar-refractivity contribution in [3.8, 4) is 34.2 Å². The number of nitrogens with zero attached hydrogens (tertiary/aromatic N) is 3. The molecule has 4 nitrogen and oxygen atoms in total. The summed E-state index contributed by atoms with van der Waals surface area (Å²) in [7, 11) is 0. The Balaban J connectivity index is 1.25. The van der Waals surface area contributed by atoms with Crippen molar-refractivity contribution < 1.29 is 4.42 Å². The van der Waals surface area contributed by atoms with E-state index in [4.69, 9.17) is 19.4 Å². The second kappa shape index (κ2) is 10.1. The molecule has 0 saturated heterocycles. The fourth-order valence-electron chi connectivity index (χ4n) is 7.12. The van der Waals surface area contributed by atoms with E-state index < -0.39 is 0 Å². The number of aromatic nitrogens is 3. The fourth-order valence-corrected chi connectivity index (χ4v) is 7.12. The molecule has 0 aliphatic carbocycles. The molecule has 0 atom stereocenters. The normalized spacial score (nSPS) is 11.8. The van der Waals surface area contributed by atoms with E-state index in [0.717, 1.165) is 70.9 Å². The summed E-state index contributed by atoms with van der Waals surface area (Å²) >= 11 is 0. The number of fused-ring (bicyclic) bond motifs is 12. The Hall–Kier alpha value is -6.39. The van der Waals surface area contributed by atoms with Crippen molar-refractivity contribution in [2.24, 2.45) is 0 Å². The molecule has 2 aromatic heterocycles. The minimum atomic E-state index is 0.642. The van der Waals surface area contributed by atoms with E-state index in [0.29, 0.717) is 17.5 Å². The van der Waals surface area contributed by atoms with Gasteiger partial charge in [0, 0.05) is 32.8 Å². The van der Waals surface area contributed by atoms with Crippen LogP contribution >= 0.6 is 0 Å². The van der Waals surface area contributed by atoms with E-state index in [9.17, 15) is 0 Å². The molecular weight excluding hydrogens is 574 g/mol. The van der Waals surface area contributed by atoms with Gasteiger partial charge in [-0.25, -0.2) is 15.0 Å². The second-order valence-corrected chi connectivity index (χ2v) is 12.0. The van der Waals surface area contributed by atoms with Gasteiger partial charge in [0.2, 0.25) is 0 Å². The lowest BCUT2D eigenvalue weighted by Gasteiger charge is -2.13. The van der Waals surface area contributed by atoms with Gasteiger partial charge >= 0.3 is 0 Å². The molecule has 0 aliphatic heterocycles. The molecule has 0 unspecified atom stereocenters. The van der Waals surface area contributed by atoms with Crippen LogP contribution in [-0.4, -0.2) is 15.0 Å². The number of rotatable bonds is 3. The van der Waals surface area contributed by atoms with Gasteiger partial charge < -0.3 is 4.42 Å². The van der Waals surface area contributed by atoms with Crippen molar-refractivity contribution in [2.45, 2.75) is 0 Å². The molecule has 47 heavy (non-hydrogen) atoms. The molecule has 0 amide bonds. The highest BCUT2D eigenvalue weighted by Gasteiger charge is 2.19. The summed E-state index contributed by atoms with van der Waals surface area (Å²) in [6.07, 6.45) is 0. The van der Waals surface area contributed by atoms with Gasteiger partial charge in [0.15, 0.2) is 17.5 Å². The Morgan fingerprint density at radius 1 is 0.340 bits per heavy atom. The SMILES string of the molecule is c1ccc(-c2nc(-c3ccccc3)nc(-c3ccc4c(c3)c3ccccc3c3c4ccc4c3oc3ccc5ccccc5c34)n2)cc1.